The number of hydrogen-bond donors (Lipinski definition) is 4. The molecule has 0 aliphatic carbocycles. The van der Waals surface area contributed by atoms with Crippen molar-refractivity contribution in [2.24, 2.45) is 11.8 Å². The number of amides is 3. The molecule has 3 atom stereocenters. The number of unbranched alkanes of at least 4 members (excludes halogenated alkanes) is 1. The lowest BCUT2D eigenvalue weighted by Gasteiger charge is -2.31. The maximum atomic E-state index is 13.9. The minimum Gasteiger partial charge on any atom is -0.458 e. The molecule has 3 aliphatic rings. The van der Waals surface area contributed by atoms with E-state index in [0.29, 0.717) is 70.7 Å². The second kappa shape index (κ2) is 16.8. The molecule has 3 amide bonds. The van der Waals surface area contributed by atoms with Crippen LogP contribution in [0.15, 0.2) is 23.0 Å². The number of carbonyl (C=O) groups is 5. The van der Waals surface area contributed by atoms with Crippen molar-refractivity contribution in [3.63, 3.8) is 0 Å². The third-order valence-corrected chi connectivity index (χ3v) is 11.1. The third kappa shape index (κ3) is 8.66. The Balaban J connectivity index is 1.18. The average Bonchev–Trinajstić information content (AvgIpc) is 3.78. The largest absolute Gasteiger partial charge is 0.458 e. The number of benzene rings is 1. The lowest BCUT2D eigenvalue weighted by Crippen LogP contribution is -2.44. The van der Waals surface area contributed by atoms with E-state index in [2.05, 4.69) is 16.0 Å². The minimum atomic E-state index is -1.99. The molecule has 0 spiro atoms. The molecular formula is C42H53N5O11. The smallest absolute Gasteiger partial charge is 0.407 e. The molecular weight excluding hydrogens is 750 g/mol. The van der Waals surface area contributed by atoms with Crippen LogP contribution in [0.5, 0.6) is 11.5 Å². The van der Waals surface area contributed by atoms with E-state index in [1.807, 2.05) is 13.8 Å². The Morgan fingerprint density at radius 2 is 1.71 bits per heavy atom. The van der Waals surface area contributed by atoms with Gasteiger partial charge in [-0.1, -0.05) is 27.7 Å². The summed E-state index contributed by atoms with van der Waals surface area (Å²) in [6.07, 6.45) is 0.619. The van der Waals surface area contributed by atoms with Gasteiger partial charge in [-0.3, -0.25) is 19.2 Å². The van der Waals surface area contributed by atoms with Crippen LogP contribution in [0.25, 0.3) is 22.3 Å². The van der Waals surface area contributed by atoms with Crippen LogP contribution in [-0.4, -0.2) is 69.3 Å². The van der Waals surface area contributed by atoms with Crippen molar-refractivity contribution >= 4 is 40.6 Å². The molecule has 3 aliphatic heterocycles. The summed E-state index contributed by atoms with van der Waals surface area (Å²) in [5.74, 6) is -1.04. The number of hydrogen-bond acceptors (Lipinski definition) is 12. The second-order valence-corrected chi connectivity index (χ2v) is 16.5. The molecule has 0 saturated heterocycles. The van der Waals surface area contributed by atoms with Crippen LogP contribution in [0, 0.1) is 11.8 Å². The maximum absolute atomic E-state index is 13.9. The molecule has 0 unspecified atom stereocenters. The number of nitrogens with zero attached hydrogens (tertiary/aromatic N) is 2. The predicted octanol–water partition coefficient (Wildman–Crippen LogP) is 4.25. The molecule has 1 aromatic carbocycles. The van der Waals surface area contributed by atoms with Crippen molar-refractivity contribution in [1.82, 2.24) is 25.5 Å². The number of cyclic esters (lactones) is 1. The van der Waals surface area contributed by atoms with Crippen molar-refractivity contribution in [1.29, 1.82) is 0 Å². The van der Waals surface area contributed by atoms with Crippen LogP contribution < -0.4 is 31.0 Å². The number of alkyl carbamates (subject to hydrolysis) is 1. The van der Waals surface area contributed by atoms with Gasteiger partial charge in [0.05, 0.1) is 35.1 Å². The van der Waals surface area contributed by atoms with E-state index in [9.17, 15) is 33.9 Å². The Kier molecular flexibility index (Phi) is 12.2. The first-order valence-corrected chi connectivity index (χ1v) is 19.9. The number of nitrogens with one attached hydrogen (secondary N) is 3. The van der Waals surface area contributed by atoms with Crippen molar-refractivity contribution in [2.45, 2.75) is 124 Å². The molecule has 5 heterocycles. The summed E-state index contributed by atoms with van der Waals surface area (Å²) >= 11 is 0. The number of pyridine rings is 2. The molecule has 0 fully saturated rings. The molecule has 16 heteroatoms. The van der Waals surface area contributed by atoms with Gasteiger partial charge in [-0.2, -0.15) is 0 Å². The highest BCUT2D eigenvalue weighted by molar-refractivity contribution is 5.93. The molecule has 6 rings (SSSR count). The zero-order valence-electron chi connectivity index (χ0n) is 34.2. The van der Waals surface area contributed by atoms with Crippen LogP contribution >= 0.6 is 0 Å². The lowest BCUT2D eigenvalue weighted by molar-refractivity contribution is -0.172. The number of aromatic nitrogens is 2. The van der Waals surface area contributed by atoms with Crippen LogP contribution in [0.3, 0.4) is 0 Å². The molecule has 0 radical (unpaired) electrons. The molecule has 58 heavy (non-hydrogen) atoms. The first-order valence-electron chi connectivity index (χ1n) is 19.9. The molecule has 0 bridgehead atoms. The monoisotopic (exact) mass is 803 g/mol. The molecule has 16 nitrogen and oxygen atoms in total. The average molecular weight is 804 g/mol. The number of esters is 1. The SMILES string of the molecule is CC[C@@]1(O)C(=O)OCc2c1cc1n(c2=O)Cc2c-1nc1cc3c(cc1c2CNC(=O)CCC(=O)[C@H](CCCCNC(=O)OC(C)(C)C)NC(=O)[C@@H](C)C(C)C)OCO3. The molecule has 3 aromatic rings. The van der Waals surface area contributed by atoms with Gasteiger partial charge in [0.2, 0.25) is 18.6 Å². The summed E-state index contributed by atoms with van der Waals surface area (Å²) in [6.45, 7) is 12.8. The number of Topliss-reactive ketones (excluding diaryl/α,β-unsaturated/α-hetero) is 1. The fourth-order valence-electron chi connectivity index (χ4n) is 7.34. The fraction of sp³-hybridized carbons (Fsp3) is 0.548. The highest BCUT2D eigenvalue weighted by atomic mass is 16.7. The molecule has 2 aromatic heterocycles. The van der Waals surface area contributed by atoms with E-state index in [1.54, 1.807) is 52.8 Å². The number of fused-ring (bicyclic) bond motifs is 6. The van der Waals surface area contributed by atoms with Gasteiger partial charge in [0.1, 0.15) is 12.2 Å². The summed E-state index contributed by atoms with van der Waals surface area (Å²) in [5.41, 5.74) is 0.0680. The zero-order chi connectivity index (χ0) is 42.1. The normalized spacial score (nSPS) is 17.5. The quantitative estimate of drug-likeness (QED) is 0.0982. The number of rotatable bonds is 15. The minimum absolute atomic E-state index is 0.000504. The molecule has 0 saturated carbocycles. The van der Waals surface area contributed by atoms with Gasteiger partial charge in [-0.05, 0) is 70.1 Å². The van der Waals surface area contributed by atoms with Gasteiger partial charge in [-0.15, -0.1) is 0 Å². The van der Waals surface area contributed by atoms with E-state index in [-0.39, 0.29) is 80.4 Å². The van der Waals surface area contributed by atoms with E-state index >= 15 is 0 Å². The number of carbonyl (C=O) groups excluding carboxylic acids is 5. The summed E-state index contributed by atoms with van der Waals surface area (Å²) in [5, 5.41) is 20.5. The first-order chi connectivity index (χ1) is 27.4. The van der Waals surface area contributed by atoms with Crippen molar-refractivity contribution < 1.29 is 48.0 Å². The molecule has 4 N–H and O–H groups in total. The van der Waals surface area contributed by atoms with Crippen molar-refractivity contribution in [3.05, 3.63) is 50.8 Å². The lowest BCUT2D eigenvalue weighted by atomic mass is 9.86. The van der Waals surface area contributed by atoms with Crippen LogP contribution in [0.4, 0.5) is 4.79 Å². The van der Waals surface area contributed by atoms with Gasteiger partial charge in [-0.25, -0.2) is 14.6 Å². The van der Waals surface area contributed by atoms with E-state index < -0.39 is 40.8 Å². The Morgan fingerprint density at radius 1 is 0.983 bits per heavy atom. The standard InChI is InChI=1S/C42H53N5O11/c1-8-42(54)28-16-31-36-26(19-47(31)38(51)27(28)20-55-39(42)52)25(24-15-33-34(57-21-56-33)17-30(24)45-36)18-44-35(49)13-12-32(48)29(46-37(50)23(4)22(2)3)11-9-10-14-43-40(53)58-41(5,6)7/h15-17,22-23,29,54H,8-14,18-21H2,1-7H3,(H,43,53)(H,44,49)(H,46,50)/t23-,29-,42-/m0/s1. The summed E-state index contributed by atoms with van der Waals surface area (Å²) < 4.78 is 23.3. The van der Waals surface area contributed by atoms with Gasteiger partial charge < -0.3 is 44.6 Å². The summed E-state index contributed by atoms with van der Waals surface area (Å²) in [4.78, 5) is 83.5. The van der Waals surface area contributed by atoms with Gasteiger partial charge in [0.15, 0.2) is 22.9 Å². The van der Waals surface area contributed by atoms with Gasteiger partial charge >= 0.3 is 12.1 Å². The maximum Gasteiger partial charge on any atom is 0.407 e. The summed E-state index contributed by atoms with van der Waals surface area (Å²) in [7, 11) is 0. The summed E-state index contributed by atoms with van der Waals surface area (Å²) in [6, 6.07) is 4.32. The number of ketones is 1. The highest BCUT2D eigenvalue weighted by Gasteiger charge is 2.45. The van der Waals surface area contributed by atoms with Gasteiger partial charge in [0.25, 0.3) is 5.56 Å². The Labute approximate surface area is 336 Å². The number of ether oxygens (including phenoxy) is 4. The molecule has 312 valence electrons. The third-order valence-electron chi connectivity index (χ3n) is 11.1. The van der Waals surface area contributed by atoms with Crippen LogP contribution in [-0.2, 0) is 53.9 Å². The fourth-order valence-corrected chi connectivity index (χ4v) is 7.34. The second-order valence-electron chi connectivity index (χ2n) is 16.5. The topological polar surface area (TPSA) is 213 Å². The Morgan fingerprint density at radius 3 is 2.40 bits per heavy atom. The van der Waals surface area contributed by atoms with Crippen LogP contribution in [0.2, 0.25) is 0 Å². The van der Waals surface area contributed by atoms with Crippen LogP contribution in [0.1, 0.15) is 109 Å². The Bertz CT molecular complexity index is 2210. The van der Waals surface area contributed by atoms with Gasteiger partial charge in [0, 0.05) is 54.4 Å². The zero-order valence-corrected chi connectivity index (χ0v) is 34.2. The number of aliphatic hydroxyl groups is 1. The van der Waals surface area contributed by atoms with Crippen molar-refractivity contribution in [3.8, 4) is 22.9 Å². The first kappa shape index (κ1) is 42.1. The Hall–Kier alpha value is -5.51. The van der Waals surface area contributed by atoms with Crippen molar-refractivity contribution in [2.75, 3.05) is 13.3 Å². The highest BCUT2D eigenvalue weighted by Crippen LogP contribution is 2.43. The van der Waals surface area contributed by atoms with E-state index in [0.717, 1.165) is 0 Å². The van der Waals surface area contributed by atoms with E-state index in [1.165, 1.54) is 4.57 Å². The van der Waals surface area contributed by atoms with E-state index in [4.69, 9.17) is 23.9 Å². The predicted molar refractivity (Wildman–Crippen MR) is 211 cm³/mol.